The number of methoxy groups -OCH3 is 1. The molecule has 0 radical (unpaired) electrons. The fourth-order valence-electron chi connectivity index (χ4n) is 3.92. The van der Waals surface area contributed by atoms with Crippen LogP contribution >= 0.6 is 0 Å². The van der Waals surface area contributed by atoms with Crippen molar-refractivity contribution >= 4 is 17.3 Å². The third-order valence-corrected chi connectivity index (χ3v) is 5.40. The van der Waals surface area contributed by atoms with Crippen LogP contribution in [-0.4, -0.2) is 56.2 Å². The van der Waals surface area contributed by atoms with Crippen molar-refractivity contribution in [1.82, 2.24) is 14.6 Å². The van der Waals surface area contributed by atoms with Crippen molar-refractivity contribution < 1.29 is 24.5 Å². The number of nitrogen functional groups attached to an aromatic ring is 1. The van der Waals surface area contributed by atoms with Gasteiger partial charge in [-0.05, 0) is 24.1 Å². The lowest BCUT2D eigenvalue weighted by molar-refractivity contribution is -0.144. The molecule has 1 fully saturated rings. The summed E-state index contributed by atoms with van der Waals surface area (Å²) < 4.78 is 12.2. The number of aliphatic hydroxyl groups is 2. The number of carbonyl (C=O) groups excluding carboxylic acids is 1. The van der Waals surface area contributed by atoms with Gasteiger partial charge in [-0.15, -0.1) is 0 Å². The highest BCUT2D eigenvalue weighted by atomic mass is 16.6. The molecule has 1 unspecified atom stereocenters. The van der Waals surface area contributed by atoms with Crippen molar-refractivity contribution in [1.29, 1.82) is 5.26 Å². The van der Waals surface area contributed by atoms with E-state index in [0.717, 1.165) is 0 Å². The highest BCUT2D eigenvalue weighted by molar-refractivity contribution is 5.77. The number of nitrogens with two attached hydrogens (primary N) is 1. The van der Waals surface area contributed by atoms with Crippen LogP contribution < -0.4 is 5.73 Å². The molecule has 0 aromatic carbocycles. The van der Waals surface area contributed by atoms with E-state index in [1.807, 2.05) is 6.07 Å². The van der Waals surface area contributed by atoms with Crippen molar-refractivity contribution in [2.45, 2.75) is 30.3 Å². The number of nitrogens with zero attached hydrogens (tertiary/aromatic N) is 4. The first-order chi connectivity index (χ1) is 13.9. The minimum Gasteiger partial charge on any atom is -0.469 e. The average molecular weight is 397 g/mol. The van der Waals surface area contributed by atoms with E-state index >= 15 is 0 Å². The summed E-state index contributed by atoms with van der Waals surface area (Å²) in [6.07, 6.45) is 2.58. The maximum Gasteiger partial charge on any atom is 0.313 e. The lowest BCUT2D eigenvalue weighted by Gasteiger charge is -2.27. The molecule has 1 aliphatic carbocycles. The fraction of sp³-hybridized carbons (Fsp3) is 0.368. The van der Waals surface area contributed by atoms with Crippen LogP contribution in [0, 0.1) is 17.2 Å². The summed E-state index contributed by atoms with van der Waals surface area (Å²) in [7, 11) is 1.27. The molecule has 0 bridgehead atoms. The van der Waals surface area contributed by atoms with Crippen LogP contribution in [0.2, 0.25) is 0 Å². The standard InChI is InChI=1S/C19H19N5O5/c1-28-18(27)11-5-3-2-4-10(11)15-14(25)16(26)19(8-20,29-15)13-7-6-12-17(21)22-9-23-24(12)13/h2-4,6-7,9,11,14-16,25-26H,5H2,1H3,(H2,21,22,23)/t11?,14-,15-,16-,19+/m1/s1. The molecule has 150 valence electrons. The average Bonchev–Trinajstić information content (AvgIpc) is 3.29. The lowest BCUT2D eigenvalue weighted by atomic mass is 9.84. The first kappa shape index (κ1) is 19.1. The molecular formula is C19H19N5O5. The molecule has 2 aromatic heterocycles. The van der Waals surface area contributed by atoms with E-state index < -0.39 is 35.8 Å². The second-order valence-corrected chi connectivity index (χ2v) is 6.89. The number of nitriles is 1. The van der Waals surface area contributed by atoms with Gasteiger partial charge in [-0.1, -0.05) is 18.2 Å². The van der Waals surface area contributed by atoms with Crippen LogP contribution in [0.3, 0.4) is 0 Å². The zero-order chi connectivity index (χ0) is 20.8. The Labute approximate surface area is 165 Å². The number of rotatable bonds is 3. The molecule has 4 rings (SSSR count). The second kappa shape index (κ2) is 6.97. The van der Waals surface area contributed by atoms with Crippen LogP contribution in [0.4, 0.5) is 5.82 Å². The molecule has 4 N–H and O–H groups in total. The molecule has 2 aromatic rings. The van der Waals surface area contributed by atoms with E-state index in [-0.39, 0.29) is 11.5 Å². The number of ether oxygens (including phenoxy) is 2. The Morgan fingerprint density at radius 2 is 2.28 bits per heavy atom. The Balaban J connectivity index is 1.80. The summed E-state index contributed by atoms with van der Waals surface area (Å²) in [6, 6.07) is 5.12. The number of aromatic nitrogens is 3. The normalized spacial score (nSPS) is 31.4. The van der Waals surface area contributed by atoms with Crippen LogP contribution in [0.5, 0.6) is 0 Å². The zero-order valence-electron chi connectivity index (χ0n) is 15.5. The summed E-state index contributed by atoms with van der Waals surface area (Å²) in [5.41, 5.74) is 4.97. The van der Waals surface area contributed by atoms with Crippen LogP contribution in [0.15, 0.2) is 42.3 Å². The molecule has 29 heavy (non-hydrogen) atoms. The van der Waals surface area contributed by atoms with Gasteiger partial charge in [0.05, 0.1) is 18.7 Å². The van der Waals surface area contributed by atoms with Gasteiger partial charge in [-0.25, -0.2) is 9.50 Å². The Kier molecular flexibility index (Phi) is 4.58. The SMILES string of the molecule is COC(=O)C1CC=CC=C1[C@H]1O[C@@](C#N)(c2ccc3c(N)ncnn23)[C@H](O)[C@@H]1O. The van der Waals surface area contributed by atoms with Gasteiger partial charge in [-0.2, -0.15) is 10.4 Å². The molecule has 10 heteroatoms. The number of aliphatic hydroxyl groups excluding tert-OH is 2. The van der Waals surface area contributed by atoms with Crippen LogP contribution in [0.25, 0.3) is 5.52 Å². The van der Waals surface area contributed by atoms with Crippen LogP contribution in [0.1, 0.15) is 12.1 Å². The maximum absolute atomic E-state index is 12.2. The molecule has 3 heterocycles. The minimum absolute atomic E-state index is 0.190. The van der Waals surface area contributed by atoms with Crippen molar-refractivity contribution in [3.63, 3.8) is 0 Å². The van der Waals surface area contributed by atoms with Crippen molar-refractivity contribution in [2.24, 2.45) is 5.92 Å². The Bertz CT molecular complexity index is 1070. The number of carbonyl (C=O) groups is 1. The summed E-state index contributed by atoms with van der Waals surface area (Å²) in [5, 5.41) is 35.7. The van der Waals surface area contributed by atoms with E-state index in [2.05, 4.69) is 10.1 Å². The van der Waals surface area contributed by atoms with E-state index in [9.17, 15) is 20.3 Å². The summed E-state index contributed by atoms with van der Waals surface area (Å²) in [5.74, 6) is -0.989. The van der Waals surface area contributed by atoms with E-state index in [1.165, 1.54) is 24.0 Å². The molecule has 1 aliphatic heterocycles. The first-order valence-electron chi connectivity index (χ1n) is 8.93. The summed E-state index contributed by atoms with van der Waals surface area (Å²) >= 11 is 0. The lowest BCUT2D eigenvalue weighted by Crippen LogP contribution is -2.41. The smallest absolute Gasteiger partial charge is 0.313 e. The highest BCUT2D eigenvalue weighted by Crippen LogP contribution is 2.44. The molecule has 1 saturated heterocycles. The predicted molar refractivity (Wildman–Crippen MR) is 98.9 cm³/mol. The van der Waals surface area contributed by atoms with Gasteiger partial charge >= 0.3 is 5.97 Å². The van der Waals surface area contributed by atoms with Gasteiger partial charge in [0, 0.05) is 0 Å². The van der Waals surface area contributed by atoms with Crippen molar-refractivity contribution in [2.75, 3.05) is 12.8 Å². The van der Waals surface area contributed by atoms with E-state index in [4.69, 9.17) is 15.2 Å². The quantitative estimate of drug-likeness (QED) is 0.598. The van der Waals surface area contributed by atoms with Gasteiger partial charge in [0.1, 0.15) is 36.2 Å². The number of hydrogen-bond acceptors (Lipinski definition) is 9. The maximum atomic E-state index is 12.2. The summed E-state index contributed by atoms with van der Waals surface area (Å²) in [6.45, 7) is 0. The first-order valence-corrected chi connectivity index (χ1v) is 8.93. The number of fused-ring (bicyclic) bond motifs is 1. The van der Waals surface area contributed by atoms with Crippen molar-refractivity contribution in [3.8, 4) is 6.07 Å². The van der Waals surface area contributed by atoms with E-state index in [0.29, 0.717) is 17.5 Å². The summed E-state index contributed by atoms with van der Waals surface area (Å²) in [4.78, 5) is 16.1. The highest BCUT2D eigenvalue weighted by Gasteiger charge is 2.59. The predicted octanol–water partition coefficient (Wildman–Crippen LogP) is -0.174. The third kappa shape index (κ3) is 2.71. The molecule has 5 atom stereocenters. The van der Waals surface area contributed by atoms with E-state index in [1.54, 1.807) is 24.3 Å². The topological polar surface area (TPSA) is 156 Å². The zero-order valence-corrected chi connectivity index (χ0v) is 15.5. The van der Waals surface area contributed by atoms with Crippen molar-refractivity contribution in [3.05, 3.63) is 48.0 Å². The van der Waals surface area contributed by atoms with Gasteiger partial charge in [0.2, 0.25) is 5.60 Å². The van der Waals surface area contributed by atoms with Gasteiger partial charge in [-0.3, -0.25) is 4.79 Å². The Morgan fingerprint density at radius 3 is 3.00 bits per heavy atom. The van der Waals surface area contributed by atoms with Gasteiger partial charge < -0.3 is 25.4 Å². The second-order valence-electron chi connectivity index (χ2n) is 6.89. The largest absolute Gasteiger partial charge is 0.469 e. The molecule has 2 aliphatic rings. The third-order valence-electron chi connectivity index (χ3n) is 5.40. The van der Waals surface area contributed by atoms with Crippen LogP contribution in [-0.2, 0) is 19.9 Å². The number of hydrogen-bond donors (Lipinski definition) is 3. The monoisotopic (exact) mass is 397 g/mol. The molecular weight excluding hydrogens is 378 g/mol. The Hall–Kier alpha value is -3.26. The minimum atomic E-state index is -1.93. The molecule has 10 nitrogen and oxygen atoms in total. The Morgan fingerprint density at radius 1 is 1.48 bits per heavy atom. The van der Waals surface area contributed by atoms with Gasteiger partial charge in [0.15, 0.2) is 5.82 Å². The van der Waals surface area contributed by atoms with Gasteiger partial charge in [0.25, 0.3) is 0 Å². The molecule has 0 spiro atoms. The number of esters is 1. The number of allylic oxidation sites excluding steroid dienone is 3. The number of anilines is 1. The fourth-order valence-corrected chi connectivity index (χ4v) is 3.92. The molecule has 0 amide bonds. The molecule has 0 saturated carbocycles.